The number of alkyl halides is 1. The second-order valence-corrected chi connectivity index (χ2v) is 3.52. The Balaban J connectivity index is 2.32. The van der Waals surface area contributed by atoms with Gasteiger partial charge in [0.25, 0.3) is 0 Å². The number of aromatic nitrogens is 1. The third-order valence-corrected chi connectivity index (χ3v) is 2.16. The molecule has 0 aliphatic rings. The van der Waals surface area contributed by atoms with Crippen LogP contribution in [-0.2, 0) is 11.2 Å². The van der Waals surface area contributed by atoms with Crippen molar-refractivity contribution in [1.29, 1.82) is 0 Å². The van der Waals surface area contributed by atoms with E-state index in [9.17, 15) is 0 Å². The largest absolute Gasteiger partial charge is 0.385 e. The quantitative estimate of drug-likeness (QED) is 0.679. The van der Waals surface area contributed by atoms with Crippen molar-refractivity contribution in [3.63, 3.8) is 0 Å². The molecule has 0 aliphatic carbocycles. The van der Waals surface area contributed by atoms with E-state index in [1.54, 1.807) is 13.3 Å². The van der Waals surface area contributed by atoms with Crippen LogP contribution in [0.2, 0.25) is 0 Å². The van der Waals surface area contributed by atoms with Gasteiger partial charge in [0.05, 0.1) is 0 Å². The summed E-state index contributed by atoms with van der Waals surface area (Å²) in [6.45, 7) is 0.709. The first kappa shape index (κ1) is 10.5. The zero-order valence-corrected chi connectivity index (χ0v) is 8.50. The van der Waals surface area contributed by atoms with Crippen molar-refractivity contribution in [2.75, 3.05) is 13.7 Å². The smallest absolute Gasteiger partial charge is 0.0476 e. The second kappa shape index (κ2) is 5.95. The van der Waals surface area contributed by atoms with Crippen molar-refractivity contribution >= 4 is 11.6 Å². The van der Waals surface area contributed by atoms with Gasteiger partial charge in [-0.2, -0.15) is 0 Å². The van der Waals surface area contributed by atoms with Gasteiger partial charge in [-0.15, -0.1) is 11.6 Å². The number of nitrogens with zero attached hydrogens (tertiary/aromatic N) is 1. The third kappa shape index (κ3) is 4.25. The molecular weight excluding hydrogens is 186 g/mol. The summed E-state index contributed by atoms with van der Waals surface area (Å²) in [6.07, 6.45) is 3.47. The predicted molar refractivity (Wildman–Crippen MR) is 54.1 cm³/mol. The molecular formula is C10H14ClNO. The molecule has 1 rings (SSSR count). The van der Waals surface area contributed by atoms with E-state index in [1.165, 1.54) is 0 Å². The van der Waals surface area contributed by atoms with Crippen LogP contribution in [0.4, 0.5) is 0 Å². The minimum Gasteiger partial charge on any atom is -0.385 e. The Kier molecular flexibility index (Phi) is 4.79. The van der Waals surface area contributed by atoms with Crippen molar-refractivity contribution in [2.45, 2.75) is 18.2 Å². The summed E-state index contributed by atoms with van der Waals surface area (Å²) in [4.78, 5) is 4.20. The van der Waals surface area contributed by atoms with Crippen molar-refractivity contribution in [3.8, 4) is 0 Å². The van der Waals surface area contributed by atoms with E-state index in [4.69, 9.17) is 16.3 Å². The van der Waals surface area contributed by atoms with Gasteiger partial charge < -0.3 is 4.74 Å². The molecule has 0 bridgehead atoms. The van der Waals surface area contributed by atoms with Crippen LogP contribution < -0.4 is 0 Å². The normalized spacial score (nSPS) is 12.8. The highest BCUT2D eigenvalue weighted by molar-refractivity contribution is 6.20. The number of hydrogen-bond acceptors (Lipinski definition) is 2. The SMILES string of the molecule is COCCC(Cl)Cc1ccccn1. The van der Waals surface area contributed by atoms with Gasteiger partial charge in [0.1, 0.15) is 0 Å². The van der Waals surface area contributed by atoms with Crippen molar-refractivity contribution in [2.24, 2.45) is 0 Å². The van der Waals surface area contributed by atoms with Gasteiger partial charge in [-0.1, -0.05) is 6.07 Å². The van der Waals surface area contributed by atoms with Crippen LogP contribution in [0.25, 0.3) is 0 Å². The summed E-state index contributed by atoms with van der Waals surface area (Å²) in [7, 11) is 1.68. The average molecular weight is 200 g/mol. The Bertz CT molecular complexity index is 228. The van der Waals surface area contributed by atoms with Crippen molar-refractivity contribution in [1.82, 2.24) is 4.98 Å². The number of methoxy groups -OCH3 is 1. The lowest BCUT2D eigenvalue weighted by molar-refractivity contribution is 0.193. The summed E-state index contributed by atoms with van der Waals surface area (Å²) >= 11 is 6.07. The van der Waals surface area contributed by atoms with Gasteiger partial charge in [0.15, 0.2) is 0 Å². The van der Waals surface area contributed by atoms with Crippen LogP contribution in [0, 0.1) is 0 Å². The minimum absolute atomic E-state index is 0.120. The van der Waals surface area contributed by atoms with Gasteiger partial charge in [-0.25, -0.2) is 0 Å². The Morgan fingerprint density at radius 1 is 1.54 bits per heavy atom. The Hall–Kier alpha value is -0.600. The fraction of sp³-hybridized carbons (Fsp3) is 0.500. The Labute approximate surface area is 83.9 Å². The van der Waals surface area contributed by atoms with E-state index in [0.717, 1.165) is 18.5 Å². The molecule has 3 heteroatoms. The fourth-order valence-corrected chi connectivity index (χ4v) is 1.34. The molecule has 0 spiro atoms. The molecule has 1 heterocycles. The maximum Gasteiger partial charge on any atom is 0.0476 e. The van der Waals surface area contributed by atoms with Crippen molar-refractivity contribution in [3.05, 3.63) is 30.1 Å². The lowest BCUT2D eigenvalue weighted by Crippen LogP contribution is -2.07. The monoisotopic (exact) mass is 199 g/mol. The number of halogens is 1. The number of ether oxygens (including phenoxy) is 1. The highest BCUT2D eigenvalue weighted by atomic mass is 35.5. The summed E-state index contributed by atoms with van der Waals surface area (Å²) in [5.41, 5.74) is 1.04. The zero-order valence-electron chi connectivity index (χ0n) is 7.74. The van der Waals surface area contributed by atoms with E-state index in [2.05, 4.69) is 4.98 Å². The summed E-state index contributed by atoms with van der Waals surface area (Å²) in [5.74, 6) is 0. The van der Waals surface area contributed by atoms with Crippen LogP contribution >= 0.6 is 11.6 Å². The summed E-state index contributed by atoms with van der Waals surface area (Å²) < 4.78 is 4.95. The molecule has 1 aromatic heterocycles. The molecule has 0 radical (unpaired) electrons. The summed E-state index contributed by atoms with van der Waals surface area (Å²) in [6, 6.07) is 5.87. The second-order valence-electron chi connectivity index (χ2n) is 2.90. The molecule has 1 atom stereocenters. The lowest BCUT2D eigenvalue weighted by atomic mass is 10.2. The van der Waals surface area contributed by atoms with Crippen LogP contribution in [0.1, 0.15) is 12.1 Å². The third-order valence-electron chi connectivity index (χ3n) is 1.79. The average Bonchev–Trinajstić information content (AvgIpc) is 2.16. The highest BCUT2D eigenvalue weighted by Crippen LogP contribution is 2.08. The zero-order chi connectivity index (χ0) is 9.52. The van der Waals surface area contributed by atoms with E-state index in [-0.39, 0.29) is 5.38 Å². The van der Waals surface area contributed by atoms with Gasteiger partial charge in [0.2, 0.25) is 0 Å². The Morgan fingerprint density at radius 3 is 3.00 bits per heavy atom. The van der Waals surface area contributed by atoms with Crippen LogP contribution in [-0.4, -0.2) is 24.1 Å². The topological polar surface area (TPSA) is 22.1 Å². The standard InChI is InChI=1S/C10H14ClNO/c1-13-7-5-9(11)8-10-4-2-3-6-12-10/h2-4,6,9H,5,7-8H2,1H3. The molecule has 72 valence electrons. The van der Waals surface area contributed by atoms with E-state index in [0.29, 0.717) is 6.61 Å². The van der Waals surface area contributed by atoms with Crippen LogP contribution in [0.3, 0.4) is 0 Å². The Morgan fingerprint density at radius 2 is 2.38 bits per heavy atom. The molecule has 0 amide bonds. The number of pyridine rings is 1. The molecule has 1 aromatic rings. The molecule has 0 saturated carbocycles. The van der Waals surface area contributed by atoms with E-state index in [1.807, 2.05) is 18.2 Å². The van der Waals surface area contributed by atoms with Gasteiger partial charge >= 0.3 is 0 Å². The highest BCUT2D eigenvalue weighted by Gasteiger charge is 2.05. The number of hydrogen-bond donors (Lipinski definition) is 0. The van der Waals surface area contributed by atoms with E-state index >= 15 is 0 Å². The molecule has 0 aliphatic heterocycles. The molecule has 0 saturated heterocycles. The van der Waals surface area contributed by atoms with Gasteiger partial charge in [0, 0.05) is 37.4 Å². The molecule has 0 fully saturated rings. The first-order valence-electron chi connectivity index (χ1n) is 4.36. The molecule has 2 nitrogen and oxygen atoms in total. The maximum atomic E-state index is 6.07. The molecule has 13 heavy (non-hydrogen) atoms. The first-order chi connectivity index (χ1) is 6.33. The van der Waals surface area contributed by atoms with Gasteiger partial charge in [-0.3, -0.25) is 4.98 Å². The molecule has 0 aromatic carbocycles. The summed E-state index contributed by atoms with van der Waals surface area (Å²) in [5, 5.41) is 0.120. The molecule has 0 N–H and O–H groups in total. The van der Waals surface area contributed by atoms with Crippen LogP contribution in [0.5, 0.6) is 0 Å². The minimum atomic E-state index is 0.120. The lowest BCUT2D eigenvalue weighted by Gasteiger charge is -2.07. The predicted octanol–water partition coefficient (Wildman–Crippen LogP) is 2.27. The molecule has 1 unspecified atom stereocenters. The fourth-order valence-electron chi connectivity index (χ4n) is 1.09. The van der Waals surface area contributed by atoms with Crippen LogP contribution in [0.15, 0.2) is 24.4 Å². The van der Waals surface area contributed by atoms with Gasteiger partial charge in [-0.05, 0) is 18.6 Å². The van der Waals surface area contributed by atoms with E-state index < -0.39 is 0 Å². The number of rotatable bonds is 5. The first-order valence-corrected chi connectivity index (χ1v) is 4.79. The maximum absolute atomic E-state index is 6.07. The van der Waals surface area contributed by atoms with Crippen molar-refractivity contribution < 1.29 is 4.74 Å².